The summed E-state index contributed by atoms with van der Waals surface area (Å²) in [6.45, 7) is 0.354. The van der Waals surface area contributed by atoms with Gasteiger partial charge in [-0.25, -0.2) is 4.98 Å². The monoisotopic (exact) mass is 412 g/mol. The van der Waals surface area contributed by atoms with Gasteiger partial charge in [-0.2, -0.15) is 0 Å². The number of benzene rings is 2. The second-order valence-electron chi connectivity index (χ2n) is 5.75. The topological polar surface area (TPSA) is 64.4 Å². The Labute approximate surface area is 164 Å². The van der Waals surface area contributed by atoms with Crippen LogP contribution in [0.1, 0.15) is 5.56 Å². The zero-order chi connectivity index (χ0) is 18.7. The number of aliphatic hydroxyl groups excluding tert-OH is 1. The van der Waals surface area contributed by atoms with Crippen LogP contribution in [0.5, 0.6) is 0 Å². The van der Waals surface area contributed by atoms with Crippen LogP contribution in [-0.4, -0.2) is 27.4 Å². The molecule has 0 saturated heterocycles. The van der Waals surface area contributed by atoms with E-state index >= 15 is 0 Å². The lowest BCUT2D eigenvalue weighted by atomic mass is 10.2. The van der Waals surface area contributed by atoms with Crippen molar-refractivity contribution in [1.82, 2.24) is 9.55 Å². The number of halogens is 3. The van der Waals surface area contributed by atoms with Gasteiger partial charge >= 0.3 is 0 Å². The molecule has 8 heteroatoms. The van der Waals surface area contributed by atoms with E-state index in [0.29, 0.717) is 26.0 Å². The maximum Gasteiger partial charge on any atom is 0.261 e. The van der Waals surface area contributed by atoms with Gasteiger partial charge in [-0.3, -0.25) is 9.36 Å². The van der Waals surface area contributed by atoms with Crippen LogP contribution in [0.25, 0.3) is 10.9 Å². The molecule has 0 aliphatic carbocycles. The predicted molar refractivity (Wildman–Crippen MR) is 103 cm³/mol. The molecule has 5 nitrogen and oxygen atoms in total. The Morgan fingerprint density at radius 3 is 2.69 bits per heavy atom. The van der Waals surface area contributed by atoms with Gasteiger partial charge < -0.3 is 9.84 Å². The molecule has 1 N–H and O–H groups in total. The third-order valence-corrected chi connectivity index (χ3v) is 4.65. The molecule has 0 aliphatic rings. The minimum atomic E-state index is -0.885. The van der Waals surface area contributed by atoms with Gasteiger partial charge in [-0.1, -0.05) is 53.0 Å². The molecule has 1 aromatic heterocycles. The Hall–Kier alpha value is -1.63. The highest BCUT2D eigenvalue weighted by atomic mass is 35.5. The van der Waals surface area contributed by atoms with Crippen LogP contribution in [0.4, 0.5) is 0 Å². The van der Waals surface area contributed by atoms with Crippen molar-refractivity contribution in [3.8, 4) is 0 Å². The van der Waals surface area contributed by atoms with E-state index in [0.717, 1.165) is 5.56 Å². The summed E-state index contributed by atoms with van der Waals surface area (Å²) in [5, 5.41) is 11.7. The summed E-state index contributed by atoms with van der Waals surface area (Å²) in [6.07, 6.45) is 0.464. The number of nitrogens with zero attached hydrogens (tertiary/aromatic N) is 2. The molecule has 0 aliphatic heterocycles. The van der Waals surface area contributed by atoms with Crippen LogP contribution >= 0.6 is 34.8 Å². The van der Waals surface area contributed by atoms with Gasteiger partial charge in [0.25, 0.3) is 5.56 Å². The highest BCUT2D eigenvalue weighted by Gasteiger charge is 2.12. The standard InChI is InChI=1S/C18H15Cl3N2O3/c19-12-5-14-17(16(21)6-12)22-10-23(18(14)25)7-13(24)9-26-8-11-3-1-2-4-15(11)20/h1-6,10,13,24H,7-9H2/t13-/m1/s1. The molecule has 0 fully saturated rings. The fourth-order valence-corrected chi connectivity index (χ4v) is 3.26. The Balaban J connectivity index is 1.68. The largest absolute Gasteiger partial charge is 0.389 e. The Bertz CT molecular complexity index is 991. The molecule has 3 aromatic rings. The minimum Gasteiger partial charge on any atom is -0.389 e. The van der Waals surface area contributed by atoms with E-state index < -0.39 is 6.10 Å². The molecule has 2 aromatic carbocycles. The van der Waals surface area contributed by atoms with Gasteiger partial charge in [0.2, 0.25) is 0 Å². The summed E-state index contributed by atoms with van der Waals surface area (Å²) < 4.78 is 6.79. The highest BCUT2D eigenvalue weighted by molar-refractivity contribution is 6.38. The average molecular weight is 414 g/mol. The van der Waals surface area contributed by atoms with Crippen LogP contribution in [0.15, 0.2) is 47.5 Å². The Kier molecular flexibility index (Phi) is 6.16. The second kappa shape index (κ2) is 8.37. The maximum absolute atomic E-state index is 12.5. The lowest BCUT2D eigenvalue weighted by Crippen LogP contribution is -2.29. The van der Waals surface area contributed by atoms with Gasteiger partial charge in [0.1, 0.15) is 0 Å². The van der Waals surface area contributed by atoms with E-state index in [-0.39, 0.29) is 25.3 Å². The van der Waals surface area contributed by atoms with Gasteiger partial charge in [0, 0.05) is 10.0 Å². The van der Waals surface area contributed by atoms with Gasteiger partial charge in [-0.15, -0.1) is 0 Å². The minimum absolute atomic E-state index is 0.0361. The van der Waals surface area contributed by atoms with Crippen molar-refractivity contribution in [2.75, 3.05) is 6.61 Å². The van der Waals surface area contributed by atoms with Crippen molar-refractivity contribution in [1.29, 1.82) is 0 Å². The first kappa shape index (κ1) is 19.1. The first-order valence-electron chi connectivity index (χ1n) is 7.79. The van der Waals surface area contributed by atoms with Crippen molar-refractivity contribution in [2.24, 2.45) is 0 Å². The molecule has 1 atom stereocenters. The van der Waals surface area contributed by atoms with Crippen molar-refractivity contribution >= 4 is 45.7 Å². The summed E-state index contributed by atoms with van der Waals surface area (Å²) >= 11 is 18.1. The van der Waals surface area contributed by atoms with Crippen molar-refractivity contribution in [3.05, 3.63) is 73.7 Å². The van der Waals surface area contributed by atoms with E-state index in [2.05, 4.69) is 4.98 Å². The number of hydrogen-bond acceptors (Lipinski definition) is 4. The fraction of sp³-hybridized carbons (Fsp3) is 0.222. The van der Waals surface area contributed by atoms with E-state index in [4.69, 9.17) is 39.5 Å². The second-order valence-corrected chi connectivity index (χ2v) is 7.00. The normalized spacial score (nSPS) is 12.5. The lowest BCUT2D eigenvalue weighted by molar-refractivity contribution is 0.0198. The molecule has 0 radical (unpaired) electrons. The third-order valence-electron chi connectivity index (χ3n) is 3.78. The number of aromatic nitrogens is 2. The Morgan fingerprint density at radius 2 is 1.92 bits per heavy atom. The van der Waals surface area contributed by atoms with Crippen LogP contribution in [0.3, 0.4) is 0 Å². The van der Waals surface area contributed by atoms with E-state index in [9.17, 15) is 9.90 Å². The molecule has 0 bridgehead atoms. The molecule has 1 heterocycles. The van der Waals surface area contributed by atoms with Gasteiger partial charge in [0.15, 0.2) is 0 Å². The van der Waals surface area contributed by atoms with E-state index in [1.165, 1.54) is 23.0 Å². The van der Waals surface area contributed by atoms with Crippen molar-refractivity contribution in [2.45, 2.75) is 19.3 Å². The van der Waals surface area contributed by atoms with Gasteiger partial charge in [-0.05, 0) is 23.8 Å². The first-order chi connectivity index (χ1) is 12.5. The van der Waals surface area contributed by atoms with Crippen LogP contribution in [-0.2, 0) is 17.9 Å². The van der Waals surface area contributed by atoms with Gasteiger partial charge in [0.05, 0.1) is 48.1 Å². The van der Waals surface area contributed by atoms with Crippen molar-refractivity contribution < 1.29 is 9.84 Å². The molecule has 3 rings (SSSR count). The van der Waals surface area contributed by atoms with Crippen molar-refractivity contribution in [3.63, 3.8) is 0 Å². The zero-order valence-corrected chi connectivity index (χ0v) is 15.8. The SMILES string of the molecule is O=c1c2cc(Cl)cc(Cl)c2ncn1C[C@@H](O)COCc1ccccc1Cl. The number of ether oxygens (including phenoxy) is 1. The fourth-order valence-electron chi connectivity index (χ4n) is 2.52. The quantitative estimate of drug-likeness (QED) is 0.665. The highest BCUT2D eigenvalue weighted by Crippen LogP contribution is 2.24. The first-order valence-corrected chi connectivity index (χ1v) is 8.92. The predicted octanol–water partition coefficient (Wildman–Crippen LogP) is 3.93. The molecule has 26 heavy (non-hydrogen) atoms. The van der Waals surface area contributed by atoms with E-state index in [1.54, 1.807) is 6.07 Å². The summed E-state index contributed by atoms with van der Waals surface area (Å²) in [6, 6.07) is 10.3. The molecule has 0 unspecified atom stereocenters. The summed E-state index contributed by atoms with van der Waals surface area (Å²) in [4.78, 5) is 16.7. The molecule has 0 spiro atoms. The molecule has 136 valence electrons. The smallest absolute Gasteiger partial charge is 0.261 e. The number of hydrogen-bond donors (Lipinski definition) is 1. The molecular formula is C18H15Cl3N2O3. The number of fused-ring (bicyclic) bond motifs is 1. The zero-order valence-electron chi connectivity index (χ0n) is 13.5. The van der Waals surface area contributed by atoms with Crippen LogP contribution < -0.4 is 5.56 Å². The lowest BCUT2D eigenvalue weighted by Gasteiger charge is -2.14. The van der Waals surface area contributed by atoms with E-state index in [1.807, 2.05) is 18.2 Å². The average Bonchev–Trinajstić information content (AvgIpc) is 2.59. The number of aliphatic hydroxyl groups is 1. The molecule has 0 amide bonds. The van der Waals surface area contributed by atoms with Crippen LogP contribution in [0, 0.1) is 0 Å². The Morgan fingerprint density at radius 1 is 1.15 bits per heavy atom. The number of rotatable bonds is 6. The maximum atomic E-state index is 12.5. The summed E-state index contributed by atoms with van der Waals surface area (Å²) in [7, 11) is 0. The molecule has 0 saturated carbocycles. The summed E-state index contributed by atoms with van der Waals surface area (Å²) in [5.41, 5.74) is 0.876. The third kappa shape index (κ3) is 4.37. The summed E-state index contributed by atoms with van der Waals surface area (Å²) in [5.74, 6) is 0. The molecular weight excluding hydrogens is 399 g/mol. The van der Waals surface area contributed by atoms with Crippen LogP contribution in [0.2, 0.25) is 15.1 Å².